The van der Waals surface area contributed by atoms with E-state index in [1.807, 2.05) is 12.1 Å². The number of carbonyl (C=O) groups excluding carboxylic acids is 1. The van der Waals surface area contributed by atoms with Gasteiger partial charge in [0, 0.05) is 31.2 Å². The maximum absolute atomic E-state index is 11.7. The van der Waals surface area contributed by atoms with E-state index in [0.717, 1.165) is 24.3 Å². The van der Waals surface area contributed by atoms with Crippen molar-refractivity contribution in [3.63, 3.8) is 0 Å². The average molecular weight is 372 g/mol. The molecule has 2 aromatic heterocycles. The summed E-state index contributed by atoms with van der Waals surface area (Å²) in [7, 11) is 0. The Kier molecular flexibility index (Phi) is 7.33. The predicted octanol–water partition coefficient (Wildman–Crippen LogP) is 3.79. The molecule has 146 valence electrons. The van der Waals surface area contributed by atoms with Gasteiger partial charge in [-0.25, -0.2) is 5.48 Å². The average Bonchev–Trinajstić information content (AvgIpc) is 3.17. The molecule has 7 heteroatoms. The van der Waals surface area contributed by atoms with Crippen molar-refractivity contribution in [3.05, 3.63) is 41.8 Å². The molecule has 1 unspecified atom stereocenters. The summed E-state index contributed by atoms with van der Waals surface area (Å²) in [5, 5.41) is 13.0. The fourth-order valence-electron chi connectivity index (χ4n) is 3.90. The molecule has 0 radical (unpaired) electrons. The molecule has 0 aliphatic heterocycles. The standard InChI is InChI=1S/C20H28N4O3/c25-19(23-26)14-17(8-4-7-15-5-2-1-3-6-15)20-22-18(24-27-20)13-16-9-11-21-12-10-16/h9-12,15,17,26H,1-8,13-14H2,(H,23,25). The fourth-order valence-corrected chi connectivity index (χ4v) is 3.90. The monoisotopic (exact) mass is 372 g/mol. The van der Waals surface area contributed by atoms with Crippen LogP contribution >= 0.6 is 0 Å². The smallest absolute Gasteiger partial charge is 0.244 e. The maximum Gasteiger partial charge on any atom is 0.244 e. The van der Waals surface area contributed by atoms with E-state index in [9.17, 15) is 4.79 Å². The minimum absolute atomic E-state index is 0.151. The number of rotatable bonds is 9. The summed E-state index contributed by atoms with van der Waals surface area (Å²) < 4.78 is 5.45. The van der Waals surface area contributed by atoms with Gasteiger partial charge in [-0.3, -0.25) is 15.0 Å². The van der Waals surface area contributed by atoms with Crippen LogP contribution in [0.3, 0.4) is 0 Å². The highest BCUT2D eigenvalue weighted by atomic mass is 16.5. The molecular formula is C20H28N4O3. The number of nitrogens with zero attached hydrogens (tertiary/aromatic N) is 3. The van der Waals surface area contributed by atoms with Gasteiger partial charge in [0.1, 0.15) is 0 Å². The van der Waals surface area contributed by atoms with E-state index in [1.165, 1.54) is 38.5 Å². The zero-order chi connectivity index (χ0) is 18.9. The van der Waals surface area contributed by atoms with Gasteiger partial charge in [0.05, 0.1) is 0 Å². The molecule has 2 N–H and O–H groups in total. The zero-order valence-corrected chi connectivity index (χ0v) is 15.6. The Hall–Kier alpha value is -2.28. The molecule has 2 heterocycles. The molecule has 3 rings (SSSR count). The van der Waals surface area contributed by atoms with Crippen LogP contribution in [0.4, 0.5) is 0 Å². The van der Waals surface area contributed by atoms with E-state index in [0.29, 0.717) is 18.1 Å². The molecule has 0 saturated heterocycles. The van der Waals surface area contributed by atoms with Crippen LogP contribution in [0, 0.1) is 5.92 Å². The first kappa shape index (κ1) is 19.5. The maximum atomic E-state index is 11.7. The van der Waals surface area contributed by atoms with Gasteiger partial charge in [-0.05, 0) is 30.0 Å². The van der Waals surface area contributed by atoms with Crippen molar-refractivity contribution in [1.29, 1.82) is 0 Å². The number of nitrogens with one attached hydrogen (secondary N) is 1. The summed E-state index contributed by atoms with van der Waals surface area (Å²) >= 11 is 0. The van der Waals surface area contributed by atoms with Crippen molar-refractivity contribution in [2.45, 2.75) is 70.1 Å². The van der Waals surface area contributed by atoms with Crippen molar-refractivity contribution >= 4 is 5.91 Å². The molecule has 0 aromatic carbocycles. The first-order valence-corrected chi connectivity index (χ1v) is 9.89. The van der Waals surface area contributed by atoms with Gasteiger partial charge >= 0.3 is 0 Å². The minimum atomic E-state index is -0.424. The van der Waals surface area contributed by atoms with Crippen LogP contribution in [-0.2, 0) is 11.2 Å². The lowest BCUT2D eigenvalue weighted by Gasteiger charge is -2.22. The molecule has 1 saturated carbocycles. The lowest BCUT2D eigenvalue weighted by Crippen LogP contribution is -2.21. The summed E-state index contributed by atoms with van der Waals surface area (Å²) in [6.45, 7) is 0. The largest absolute Gasteiger partial charge is 0.339 e. The first-order valence-electron chi connectivity index (χ1n) is 9.89. The highest BCUT2D eigenvalue weighted by Crippen LogP contribution is 2.31. The Labute approximate surface area is 159 Å². The Bertz CT molecular complexity index is 698. The van der Waals surface area contributed by atoms with Crippen molar-refractivity contribution in [2.75, 3.05) is 0 Å². The molecule has 0 spiro atoms. The van der Waals surface area contributed by atoms with Crippen LogP contribution in [0.25, 0.3) is 0 Å². The van der Waals surface area contributed by atoms with Gasteiger partial charge in [0.15, 0.2) is 5.82 Å². The summed E-state index contributed by atoms with van der Waals surface area (Å²) in [5.41, 5.74) is 2.77. The highest BCUT2D eigenvalue weighted by Gasteiger charge is 2.23. The number of pyridine rings is 1. The van der Waals surface area contributed by atoms with E-state index in [1.54, 1.807) is 17.9 Å². The van der Waals surface area contributed by atoms with Gasteiger partial charge in [-0.1, -0.05) is 50.1 Å². The van der Waals surface area contributed by atoms with Crippen LogP contribution in [0.15, 0.2) is 29.0 Å². The topological polar surface area (TPSA) is 101 Å². The summed E-state index contributed by atoms with van der Waals surface area (Å²) in [5.74, 6) is 1.28. The van der Waals surface area contributed by atoms with Gasteiger partial charge in [0.25, 0.3) is 0 Å². The third kappa shape index (κ3) is 6.13. The van der Waals surface area contributed by atoms with Crippen LogP contribution in [0.2, 0.25) is 0 Å². The second-order valence-electron chi connectivity index (χ2n) is 7.45. The second-order valence-corrected chi connectivity index (χ2v) is 7.45. The quantitative estimate of drug-likeness (QED) is 0.513. The van der Waals surface area contributed by atoms with Crippen molar-refractivity contribution in [2.24, 2.45) is 5.92 Å². The summed E-state index contributed by atoms with van der Waals surface area (Å²) in [4.78, 5) is 20.2. The lowest BCUT2D eigenvalue weighted by atomic mass is 9.84. The van der Waals surface area contributed by atoms with Crippen molar-refractivity contribution in [1.82, 2.24) is 20.6 Å². The molecule has 1 aliphatic carbocycles. The molecule has 1 atom stereocenters. The Morgan fingerprint density at radius 3 is 2.78 bits per heavy atom. The SMILES string of the molecule is O=C(CC(CCCC1CCCCC1)c1nc(Cc2ccncc2)no1)NO. The van der Waals surface area contributed by atoms with Crippen LogP contribution in [-0.4, -0.2) is 26.2 Å². The Morgan fingerprint density at radius 1 is 1.26 bits per heavy atom. The number of hydrogen-bond acceptors (Lipinski definition) is 6. The molecule has 1 aliphatic rings. The number of carbonyl (C=O) groups is 1. The summed E-state index contributed by atoms with van der Waals surface area (Å²) in [6, 6.07) is 3.83. The zero-order valence-electron chi connectivity index (χ0n) is 15.6. The van der Waals surface area contributed by atoms with Gasteiger partial charge in [-0.2, -0.15) is 4.98 Å². The molecular weight excluding hydrogens is 344 g/mol. The number of aromatic nitrogens is 3. The van der Waals surface area contributed by atoms with E-state index >= 15 is 0 Å². The van der Waals surface area contributed by atoms with Gasteiger partial charge in [0.2, 0.25) is 11.8 Å². The Balaban J connectivity index is 1.59. The van der Waals surface area contributed by atoms with Crippen LogP contribution in [0.1, 0.15) is 81.0 Å². The van der Waals surface area contributed by atoms with Crippen LogP contribution < -0.4 is 5.48 Å². The highest BCUT2D eigenvalue weighted by molar-refractivity contribution is 5.75. The lowest BCUT2D eigenvalue weighted by molar-refractivity contribution is -0.129. The molecule has 2 aromatic rings. The first-order chi connectivity index (χ1) is 13.2. The van der Waals surface area contributed by atoms with Gasteiger partial charge < -0.3 is 4.52 Å². The molecule has 7 nitrogen and oxygen atoms in total. The van der Waals surface area contributed by atoms with Gasteiger partial charge in [-0.15, -0.1) is 0 Å². The van der Waals surface area contributed by atoms with E-state index in [-0.39, 0.29) is 12.3 Å². The van der Waals surface area contributed by atoms with Crippen LogP contribution in [0.5, 0.6) is 0 Å². The number of amides is 1. The number of hydrogen-bond donors (Lipinski definition) is 2. The van der Waals surface area contributed by atoms with E-state index in [4.69, 9.17) is 9.73 Å². The van der Waals surface area contributed by atoms with E-state index < -0.39 is 5.91 Å². The molecule has 0 bridgehead atoms. The van der Waals surface area contributed by atoms with Crippen molar-refractivity contribution < 1.29 is 14.5 Å². The molecule has 1 amide bonds. The molecule has 27 heavy (non-hydrogen) atoms. The molecule has 1 fully saturated rings. The minimum Gasteiger partial charge on any atom is -0.339 e. The predicted molar refractivity (Wildman–Crippen MR) is 99.1 cm³/mol. The van der Waals surface area contributed by atoms with Crippen molar-refractivity contribution in [3.8, 4) is 0 Å². The fraction of sp³-hybridized carbons (Fsp3) is 0.600. The third-order valence-electron chi connectivity index (χ3n) is 5.39. The van der Waals surface area contributed by atoms with E-state index in [2.05, 4.69) is 15.1 Å². The summed E-state index contributed by atoms with van der Waals surface area (Å²) in [6.07, 6.45) is 13.9. The normalized spacial score (nSPS) is 16.2. The third-order valence-corrected chi connectivity index (χ3v) is 5.39. The second kappa shape index (κ2) is 10.2. The Morgan fingerprint density at radius 2 is 2.04 bits per heavy atom. The number of hydroxylamine groups is 1.